The summed E-state index contributed by atoms with van der Waals surface area (Å²) in [5.41, 5.74) is 3.75. The summed E-state index contributed by atoms with van der Waals surface area (Å²) in [6, 6.07) is 13.4. The summed E-state index contributed by atoms with van der Waals surface area (Å²) in [5.74, 6) is -0.0895. The lowest BCUT2D eigenvalue weighted by Gasteiger charge is -2.25. The molecule has 12 nitrogen and oxygen atoms in total. The quantitative estimate of drug-likeness (QED) is 0.309. The summed E-state index contributed by atoms with van der Waals surface area (Å²) in [4.78, 5) is 33.7. The van der Waals surface area contributed by atoms with Crippen molar-refractivity contribution in [3.8, 4) is 11.6 Å². The first-order valence-corrected chi connectivity index (χ1v) is 15.1. The van der Waals surface area contributed by atoms with E-state index in [2.05, 4.69) is 25.5 Å². The molecule has 6 rings (SSSR count). The van der Waals surface area contributed by atoms with Crippen LogP contribution in [0.3, 0.4) is 0 Å². The second-order valence-corrected chi connectivity index (χ2v) is 12.4. The minimum absolute atomic E-state index is 0.101. The van der Waals surface area contributed by atoms with Crippen LogP contribution in [0.25, 0.3) is 22.7 Å². The summed E-state index contributed by atoms with van der Waals surface area (Å²) in [6.45, 7) is 6.77. The van der Waals surface area contributed by atoms with Crippen LogP contribution in [0.5, 0.6) is 0 Å². The zero-order valence-corrected chi connectivity index (χ0v) is 24.3. The summed E-state index contributed by atoms with van der Waals surface area (Å²) < 4.78 is 30.4. The van der Waals surface area contributed by atoms with Gasteiger partial charge in [-0.2, -0.15) is 24.2 Å². The minimum atomic E-state index is -3.61. The molecule has 0 radical (unpaired) electrons. The van der Waals surface area contributed by atoms with E-state index in [1.807, 2.05) is 32.0 Å². The van der Waals surface area contributed by atoms with Crippen molar-refractivity contribution in [1.29, 1.82) is 0 Å². The Balaban J connectivity index is 1.30. The Hall–Kier alpha value is -4.62. The van der Waals surface area contributed by atoms with E-state index < -0.39 is 21.5 Å². The lowest BCUT2D eigenvalue weighted by Crippen LogP contribution is -2.35. The molecule has 2 aromatic carbocycles. The third kappa shape index (κ3) is 5.01. The highest BCUT2D eigenvalue weighted by Crippen LogP contribution is 2.23. The van der Waals surface area contributed by atoms with Gasteiger partial charge in [-0.1, -0.05) is 12.5 Å². The van der Waals surface area contributed by atoms with Gasteiger partial charge in [0.25, 0.3) is 11.5 Å². The zero-order valence-electron chi connectivity index (χ0n) is 23.5. The highest BCUT2D eigenvalue weighted by Gasteiger charge is 2.26. The Morgan fingerprint density at radius 3 is 2.38 bits per heavy atom. The van der Waals surface area contributed by atoms with E-state index in [9.17, 15) is 18.0 Å². The van der Waals surface area contributed by atoms with E-state index in [0.29, 0.717) is 29.8 Å². The number of aromatic nitrogens is 6. The molecule has 0 spiro atoms. The van der Waals surface area contributed by atoms with Gasteiger partial charge in [-0.05, 0) is 81.1 Å². The van der Waals surface area contributed by atoms with Crippen molar-refractivity contribution in [3.05, 3.63) is 87.5 Å². The molecule has 2 N–H and O–H groups in total. The number of hydrogen-bond acceptors (Lipinski definition) is 7. The van der Waals surface area contributed by atoms with Crippen LogP contribution in [0.1, 0.15) is 46.4 Å². The van der Waals surface area contributed by atoms with Crippen LogP contribution < -0.4 is 10.9 Å². The molecule has 1 aliphatic heterocycles. The van der Waals surface area contributed by atoms with Crippen molar-refractivity contribution in [2.75, 3.05) is 18.4 Å². The van der Waals surface area contributed by atoms with Crippen molar-refractivity contribution in [2.45, 2.75) is 44.9 Å². The molecule has 0 atom stereocenters. The van der Waals surface area contributed by atoms with Crippen molar-refractivity contribution >= 4 is 32.8 Å². The van der Waals surface area contributed by atoms with Crippen LogP contribution in [0.2, 0.25) is 0 Å². The van der Waals surface area contributed by atoms with E-state index in [0.717, 1.165) is 36.1 Å². The second-order valence-electron chi connectivity index (χ2n) is 10.5. The maximum absolute atomic E-state index is 13.2. The molecular formula is C29H30N8O4S. The lowest BCUT2D eigenvalue weighted by molar-refractivity contribution is 0.102. The minimum Gasteiger partial charge on any atom is -0.306 e. The molecule has 1 aliphatic rings. The summed E-state index contributed by atoms with van der Waals surface area (Å²) in [6.07, 6.45) is 4.17. The highest BCUT2D eigenvalue weighted by atomic mass is 32.2. The Morgan fingerprint density at radius 1 is 0.929 bits per heavy atom. The molecule has 42 heavy (non-hydrogen) atoms. The van der Waals surface area contributed by atoms with Gasteiger partial charge in [0.1, 0.15) is 11.2 Å². The average molecular weight is 587 g/mol. The number of H-pyrrole nitrogens is 1. The number of carbonyl (C=O) groups is 1. The fourth-order valence-electron chi connectivity index (χ4n) is 5.02. The largest absolute Gasteiger partial charge is 0.306 e. The maximum Gasteiger partial charge on any atom is 0.263 e. The first-order valence-electron chi connectivity index (χ1n) is 13.7. The Morgan fingerprint density at radius 2 is 1.67 bits per heavy atom. The normalized spacial score (nSPS) is 14.4. The van der Waals surface area contributed by atoms with Gasteiger partial charge >= 0.3 is 0 Å². The van der Waals surface area contributed by atoms with Crippen LogP contribution in [-0.4, -0.2) is 61.2 Å². The van der Waals surface area contributed by atoms with Crippen molar-refractivity contribution in [1.82, 2.24) is 33.8 Å². The number of nitrogens with one attached hydrogen (secondary N) is 2. The van der Waals surface area contributed by atoms with Gasteiger partial charge in [0.15, 0.2) is 5.65 Å². The Bertz CT molecular complexity index is 1980. The first kappa shape index (κ1) is 27.5. The monoisotopic (exact) mass is 586 g/mol. The number of sulfonamides is 1. The number of fused-ring (bicyclic) bond motifs is 1. The van der Waals surface area contributed by atoms with Gasteiger partial charge in [0.05, 0.1) is 22.5 Å². The molecule has 0 saturated carbocycles. The molecule has 4 heterocycles. The molecule has 0 aliphatic carbocycles. The number of carbonyl (C=O) groups excluding carboxylic acids is 1. The van der Waals surface area contributed by atoms with E-state index >= 15 is 0 Å². The number of aromatic amines is 1. The number of benzene rings is 2. The van der Waals surface area contributed by atoms with E-state index in [1.165, 1.54) is 39.4 Å². The smallest absolute Gasteiger partial charge is 0.263 e. The molecular weight excluding hydrogens is 556 g/mol. The average Bonchev–Trinajstić information content (AvgIpc) is 3.58. The number of piperidine rings is 1. The number of nitrogens with zero attached hydrogens (tertiary/aromatic N) is 6. The van der Waals surface area contributed by atoms with Crippen LogP contribution in [0.15, 0.2) is 64.4 Å². The van der Waals surface area contributed by atoms with Crippen LogP contribution in [0, 0.1) is 20.8 Å². The first-order chi connectivity index (χ1) is 20.1. The molecule has 13 heteroatoms. The molecule has 3 aromatic heterocycles. The van der Waals surface area contributed by atoms with Crippen LogP contribution >= 0.6 is 0 Å². The number of amides is 1. The molecule has 0 unspecified atom stereocenters. The number of rotatable bonds is 6. The van der Waals surface area contributed by atoms with E-state index in [1.54, 1.807) is 17.7 Å². The standard InChI is InChI=1S/C29H30N8O4S/c1-18-7-10-22(15-19(18)2)36-26-24(17-30-36)28(39)33-29(32-26)37-25(16-20(3)34-37)31-27(38)21-8-11-23(12-9-21)42(40,41)35-13-5-4-6-14-35/h7-12,15-17H,4-6,13-14H2,1-3H3,(H,31,38)(H,32,33,39). The predicted molar refractivity (Wildman–Crippen MR) is 158 cm³/mol. The molecule has 1 fully saturated rings. The van der Waals surface area contributed by atoms with Crippen LogP contribution in [0.4, 0.5) is 5.82 Å². The summed E-state index contributed by atoms with van der Waals surface area (Å²) in [7, 11) is -3.61. The molecule has 1 saturated heterocycles. The van der Waals surface area contributed by atoms with Gasteiger partial charge in [-0.25, -0.2) is 13.1 Å². The van der Waals surface area contributed by atoms with Gasteiger partial charge < -0.3 is 5.32 Å². The maximum atomic E-state index is 13.2. The van der Waals surface area contributed by atoms with Gasteiger partial charge in [-0.15, -0.1) is 0 Å². The number of anilines is 1. The summed E-state index contributed by atoms with van der Waals surface area (Å²) >= 11 is 0. The fourth-order valence-corrected chi connectivity index (χ4v) is 6.54. The fraction of sp³-hybridized carbons (Fsp3) is 0.276. The third-order valence-electron chi connectivity index (χ3n) is 7.50. The van der Waals surface area contributed by atoms with Crippen molar-refractivity contribution < 1.29 is 13.2 Å². The topological polar surface area (TPSA) is 148 Å². The van der Waals surface area contributed by atoms with E-state index in [-0.39, 0.29) is 22.2 Å². The van der Waals surface area contributed by atoms with Gasteiger partial charge in [0.2, 0.25) is 16.0 Å². The second kappa shape index (κ2) is 10.7. The third-order valence-corrected chi connectivity index (χ3v) is 9.42. The van der Waals surface area contributed by atoms with Gasteiger partial charge in [0, 0.05) is 24.7 Å². The zero-order chi connectivity index (χ0) is 29.6. The van der Waals surface area contributed by atoms with Gasteiger partial charge in [-0.3, -0.25) is 14.6 Å². The number of aryl methyl sites for hydroxylation is 3. The Kier molecular flexibility index (Phi) is 6.99. The number of hydrogen-bond donors (Lipinski definition) is 2. The van der Waals surface area contributed by atoms with Crippen molar-refractivity contribution in [3.63, 3.8) is 0 Å². The molecule has 216 valence electrons. The molecule has 0 bridgehead atoms. The lowest BCUT2D eigenvalue weighted by atomic mass is 10.1. The Labute approximate surface area is 242 Å². The summed E-state index contributed by atoms with van der Waals surface area (Å²) in [5, 5.41) is 11.9. The molecule has 5 aromatic rings. The predicted octanol–water partition coefficient (Wildman–Crippen LogP) is 3.65. The highest BCUT2D eigenvalue weighted by molar-refractivity contribution is 7.89. The van der Waals surface area contributed by atoms with E-state index in [4.69, 9.17) is 0 Å². The molecule has 1 amide bonds. The van der Waals surface area contributed by atoms with Crippen molar-refractivity contribution in [2.24, 2.45) is 0 Å². The van der Waals surface area contributed by atoms with Crippen LogP contribution in [-0.2, 0) is 10.0 Å². The SMILES string of the molecule is Cc1cc(NC(=O)c2ccc(S(=O)(=O)N3CCCCC3)cc2)n(-c2nc3c(cnn3-c3ccc(C)c(C)c3)c(=O)[nH]2)n1.